The zero-order chi connectivity index (χ0) is 21.4. The minimum atomic E-state index is -1.15. The van der Waals surface area contributed by atoms with Gasteiger partial charge in [-0.3, -0.25) is 33.8 Å². The highest BCUT2D eigenvalue weighted by molar-refractivity contribution is 5.76. The molecule has 29 heavy (non-hydrogen) atoms. The van der Waals surface area contributed by atoms with E-state index in [4.69, 9.17) is 19.3 Å². The Bertz CT molecular complexity index is 618. The zero-order valence-corrected chi connectivity index (χ0v) is 15.5. The molecule has 2 fully saturated rings. The Kier molecular flexibility index (Phi) is 8.30. The van der Waals surface area contributed by atoms with E-state index >= 15 is 0 Å². The van der Waals surface area contributed by atoms with Gasteiger partial charge in [-0.05, 0) is 6.42 Å². The molecule has 2 rings (SSSR count). The second-order valence-corrected chi connectivity index (χ2v) is 6.71. The van der Waals surface area contributed by atoms with Crippen molar-refractivity contribution >= 4 is 31.4 Å². The average Bonchev–Trinajstić information content (AvgIpc) is 3.25. The number of aliphatic carboxylic acids is 2. The third kappa shape index (κ3) is 5.85. The van der Waals surface area contributed by atoms with Gasteiger partial charge in [0, 0.05) is 31.6 Å². The van der Waals surface area contributed by atoms with Crippen LogP contribution in [0, 0.1) is 0 Å². The third-order valence-corrected chi connectivity index (χ3v) is 5.08. The lowest BCUT2D eigenvalue weighted by molar-refractivity contribution is -0.149. The van der Waals surface area contributed by atoms with E-state index in [-0.39, 0.29) is 51.9 Å². The van der Waals surface area contributed by atoms with Crippen LogP contribution in [0.3, 0.4) is 0 Å². The van der Waals surface area contributed by atoms with Crippen LogP contribution >= 0.6 is 0 Å². The van der Waals surface area contributed by atoms with Crippen LogP contribution in [0.5, 0.6) is 0 Å². The fourth-order valence-corrected chi connectivity index (χ4v) is 3.90. The molecule has 13 nitrogen and oxygen atoms in total. The van der Waals surface area contributed by atoms with Crippen LogP contribution in [0.15, 0.2) is 0 Å². The molecular weight excluding hydrogens is 394 g/mol. The van der Waals surface area contributed by atoms with Gasteiger partial charge in [-0.25, -0.2) is 4.90 Å². The molecule has 0 aromatic rings. The molecule has 2 N–H and O–H groups in total. The summed E-state index contributed by atoms with van der Waals surface area (Å²) < 4.78 is 14.6. The number of likely N-dealkylation sites (tertiary alicyclic amines) is 2. The van der Waals surface area contributed by atoms with E-state index in [1.54, 1.807) is 9.80 Å². The topological polar surface area (TPSA) is 163 Å². The molecule has 162 valence electrons. The lowest BCUT2D eigenvalue weighted by Crippen LogP contribution is -2.47. The summed E-state index contributed by atoms with van der Waals surface area (Å²) in [6, 6.07) is -1.73. The Hall–Kier alpha value is -2.77. The molecule has 0 aliphatic carbocycles. The predicted molar refractivity (Wildman–Crippen MR) is 91.0 cm³/mol. The molecule has 2 unspecified atom stereocenters. The van der Waals surface area contributed by atoms with Crippen LogP contribution in [0.2, 0.25) is 0 Å². The van der Waals surface area contributed by atoms with Crippen LogP contribution in [0.25, 0.3) is 0 Å². The number of carboxylic acids is 2. The first-order valence-electron chi connectivity index (χ1n) is 8.79. The normalized spacial score (nSPS) is 27.5. The summed E-state index contributed by atoms with van der Waals surface area (Å²) >= 11 is 0. The first-order valence-corrected chi connectivity index (χ1v) is 8.79. The Morgan fingerprint density at radius 2 is 1.62 bits per heavy atom. The number of nitrogens with zero attached hydrogens (tertiary/aromatic N) is 3. The molecule has 0 saturated carbocycles. The van der Waals surface area contributed by atoms with Crippen molar-refractivity contribution in [2.24, 2.45) is 0 Å². The van der Waals surface area contributed by atoms with Crippen LogP contribution in [-0.4, -0.2) is 114 Å². The van der Waals surface area contributed by atoms with Gasteiger partial charge in [0.25, 0.3) is 19.4 Å². The van der Waals surface area contributed by atoms with Gasteiger partial charge in [0.05, 0.1) is 6.54 Å². The number of carbonyl (C=O) groups excluding carboxylic acids is 3. The fraction of sp³-hybridized carbons (Fsp3) is 0.688. The van der Waals surface area contributed by atoms with E-state index in [0.717, 1.165) is 0 Å². The van der Waals surface area contributed by atoms with Crippen molar-refractivity contribution in [3.05, 3.63) is 0 Å². The molecule has 13 heteroatoms. The standard InChI is InChI=1S/C16H23N3O10/c20-8-27-6-18-4-12(2-14(18)29-10-22)19(7-28-9-21)11-1-13(16(25)26)17(3-11)5-15(23)24/h8-14H,1-7H2,(H,23,24)(H,25,26)/t11?,12-,13?,14+/m0/s1. The number of ether oxygens (including phenoxy) is 3. The number of rotatable bonds is 13. The minimum absolute atomic E-state index is 0.117. The first-order chi connectivity index (χ1) is 13.9. The molecule has 2 aliphatic heterocycles. The van der Waals surface area contributed by atoms with E-state index in [2.05, 4.69) is 0 Å². The summed E-state index contributed by atoms with van der Waals surface area (Å²) in [5.41, 5.74) is 0. The van der Waals surface area contributed by atoms with Gasteiger partial charge in [-0.1, -0.05) is 0 Å². The van der Waals surface area contributed by atoms with Crippen LogP contribution < -0.4 is 0 Å². The SMILES string of the molecule is O=COCN1C[C@@H](N(COC=O)C2CC(C(=O)O)N(CC(=O)O)C2)C[C@H]1OC=O. The molecule has 0 aromatic heterocycles. The monoisotopic (exact) mass is 417 g/mol. The molecule has 2 heterocycles. The Morgan fingerprint density at radius 3 is 2.21 bits per heavy atom. The second-order valence-electron chi connectivity index (χ2n) is 6.71. The van der Waals surface area contributed by atoms with Gasteiger partial charge < -0.3 is 24.4 Å². The molecule has 0 bridgehead atoms. The number of carboxylic acid groups (broad SMARTS) is 2. The van der Waals surface area contributed by atoms with Gasteiger partial charge in [-0.2, -0.15) is 0 Å². The van der Waals surface area contributed by atoms with E-state index in [9.17, 15) is 29.1 Å². The molecular formula is C16H23N3O10. The molecule has 4 atom stereocenters. The Morgan fingerprint density at radius 1 is 0.966 bits per heavy atom. The van der Waals surface area contributed by atoms with E-state index in [0.29, 0.717) is 13.0 Å². The van der Waals surface area contributed by atoms with Gasteiger partial charge in [0.1, 0.15) is 19.5 Å². The van der Waals surface area contributed by atoms with Crippen molar-refractivity contribution in [3.8, 4) is 0 Å². The van der Waals surface area contributed by atoms with E-state index in [1.807, 2.05) is 0 Å². The maximum atomic E-state index is 11.5. The van der Waals surface area contributed by atoms with Gasteiger partial charge in [0.2, 0.25) is 0 Å². The summed E-state index contributed by atoms with van der Waals surface area (Å²) in [4.78, 5) is 59.3. The summed E-state index contributed by atoms with van der Waals surface area (Å²) in [6.45, 7) is 0.531. The van der Waals surface area contributed by atoms with Gasteiger partial charge >= 0.3 is 11.9 Å². The summed E-state index contributed by atoms with van der Waals surface area (Å²) in [5.74, 6) is -2.29. The zero-order valence-electron chi connectivity index (χ0n) is 15.5. The summed E-state index contributed by atoms with van der Waals surface area (Å²) in [6.07, 6.45) is -0.246. The predicted octanol–water partition coefficient (Wildman–Crippen LogP) is -2.27. The highest BCUT2D eigenvalue weighted by Crippen LogP contribution is 2.29. The van der Waals surface area contributed by atoms with Crippen molar-refractivity contribution in [1.29, 1.82) is 0 Å². The average molecular weight is 417 g/mol. The van der Waals surface area contributed by atoms with Crippen LogP contribution in [0.4, 0.5) is 0 Å². The van der Waals surface area contributed by atoms with Crippen molar-refractivity contribution < 1.29 is 48.4 Å². The fourth-order valence-electron chi connectivity index (χ4n) is 3.90. The largest absolute Gasteiger partial charge is 0.480 e. The van der Waals surface area contributed by atoms with Crippen molar-refractivity contribution in [2.75, 3.05) is 33.1 Å². The molecule has 0 amide bonds. The quantitative estimate of drug-likeness (QED) is 0.188. The maximum Gasteiger partial charge on any atom is 0.320 e. The third-order valence-electron chi connectivity index (χ3n) is 5.08. The van der Waals surface area contributed by atoms with Gasteiger partial charge in [-0.15, -0.1) is 0 Å². The second kappa shape index (κ2) is 10.7. The molecule has 2 aliphatic rings. The lowest BCUT2D eigenvalue weighted by Gasteiger charge is -2.32. The molecule has 0 radical (unpaired) electrons. The van der Waals surface area contributed by atoms with Crippen LogP contribution in [-0.2, 0) is 38.2 Å². The van der Waals surface area contributed by atoms with E-state index < -0.39 is 36.8 Å². The molecule has 0 spiro atoms. The number of hydrogen-bond donors (Lipinski definition) is 2. The molecule has 2 saturated heterocycles. The lowest BCUT2D eigenvalue weighted by atomic mass is 10.1. The number of hydrogen-bond acceptors (Lipinski definition) is 11. The Balaban J connectivity index is 2.16. The minimum Gasteiger partial charge on any atom is -0.480 e. The van der Waals surface area contributed by atoms with Crippen molar-refractivity contribution in [2.45, 2.75) is 37.2 Å². The highest BCUT2D eigenvalue weighted by atomic mass is 16.6. The van der Waals surface area contributed by atoms with Crippen molar-refractivity contribution in [3.63, 3.8) is 0 Å². The highest BCUT2D eigenvalue weighted by Gasteiger charge is 2.45. The summed E-state index contributed by atoms with van der Waals surface area (Å²) in [5, 5.41) is 18.5. The van der Waals surface area contributed by atoms with Crippen molar-refractivity contribution in [1.82, 2.24) is 14.7 Å². The first kappa shape index (κ1) is 22.5. The van der Waals surface area contributed by atoms with Crippen LogP contribution in [0.1, 0.15) is 12.8 Å². The Labute approximate surface area is 165 Å². The maximum absolute atomic E-state index is 11.5. The van der Waals surface area contributed by atoms with E-state index in [1.165, 1.54) is 4.90 Å². The summed E-state index contributed by atoms with van der Waals surface area (Å²) in [7, 11) is 0. The molecule has 0 aromatic carbocycles. The smallest absolute Gasteiger partial charge is 0.320 e. The number of carbonyl (C=O) groups is 5. The van der Waals surface area contributed by atoms with Gasteiger partial charge in [0.15, 0.2) is 6.23 Å².